The highest BCUT2D eigenvalue weighted by atomic mass is 16.5. The Bertz CT molecular complexity index is 634. The van der Waals surface area contributed by atoms with Crippen molar-refractivity contribution in [1.82, 2.24) is 10.2 Å². The molecule has 0 unspecified atom stereocenters. The zero-order valence-electron chi connectivity index (χ0n) is 14.9. The van der Waals surface area contributed by atoms with E-state index in [9.17, 15) is 0 Å². The number of ether oxygens (including phenoxy) is 1. The van der Waals surface area contributed by atoms with Gasteiger partial charge in [-0.3, -0.25) is 0 Å². The van der Waals surface area contributed by atoms with E-state index in [0.29, 0.717) is 0 Å². The van der Waals surface area contributed by atoms with Crippen molar-refractivity contribution in [2.45, 2.75) is 41.5 Å². The third kappa shape index (κ3) is 4.92. The molecule has 3 nitrogen and oxygen atoms in total. The lowest BCUT2D eigenvalue weighted by Crippen LogP contribution is -2.21. The molecule has 0 saturated carbocycles. The topological polar surface area (TPSA) is 35.0 Å². The Kier molecular flexibility index (Phi) is 4.88. The van der Waals surface area contributed by atoms with E-state index in [1.54, 1.807) is 6.20 Å². The molecule has 1 aromatic heterocycles. The van der Waals surface area contributed by atoms with Gasteiger partial charge in [-0.1, -0.05) is 53.7 Å². The van der Waals surface area contributed by atoms with Gasteiger partial charge in [0.2, 0.25) is 0 Å². The Morgan fingerprint density at radius 1 is 0.957 bits per heavy atom. The first kappa shape index (κ1) is 17.2. The van der Waals surface area contributed by atoms with Crippen molar-refractivity contribution in [3.63, 3.8) is 0 Å². The molecule has 1 aromatic rings. The van der Waals surface area contributed by atoms with Crippen LogP contribution in [0.5, 0.6) is 0 Å². The molecule has 0 radical (unpaired) electrons. The molecule has 0 atom stereocenters. The third-order valence-electron chi connectivity index (χ3n) is 3.44. The van der Waals surface area contributed by atoms with Crippen molar-refractivity contribution >= 4 is 6.08 Å². The predicted molar refractivity (Wildman–Crippen MR) is 95.3 cm³/mol. The van der Waals surface area contributed by atoms with Gasteiger partial charge in [-0.25, -0.2) is 0 Å². The maximum atomic E-state index is 6.15. The van der Waals surface area contributed by atoms with Crippen LogP contribution in [-0.2, 0) is 4.74 Å². The largest absolute Gasteiger partial charge is 0.465 e. The molecule has 2 rings (SSSR count). The fourth-order valence-electron chi connectivity index (χ4n) is 2.02. The number of allylic oxidation sites excluding steroid dienone is 7. The zero-order chi connectivity index (χ0) is 17.1. The Morgan fingerprint density at radius 2 is 1.57 bits per heavy atom. The summed E-state index contributed by atoms with van der Waals surface area (Å²) in [5, 5.41) is 7.92. The van der Waals surface area contributed by atoms with Crippen LogP contribution in [0.25, 0.3) is 6.08 Å². The van der Waals surface area contributed by atoms with Gasteiger partial charge in [-0.2, -0.15) is 10.2 Å². The normalized spacial score (nSPS) is 16.0. The first-order chi connectivity index (χ1) is 10.7. The summed E-state index contributed by atoms with van der Waals surface area (Å²) in [7, 11) is 0. The Labute approximate surface area is 139 Å². The van der Waals surface area contributed by atoms with Crippen LogP contribution in [0, 0.1) is 10.8 Å². The molecular formula is C20H26N2O. The molecule has 0 N–H and O–H groups in total. The van der Waals surface area contributed by atoms with E-state index < -0.39 is 0 Å². The van der Waals surface area contributed by atoms with Gasteiger partial charge in [-0.05, 0) is 35.9 Å². The summed E-state index contributed by atoms with van der Waals surface area (Å²) in [6.45, 7) is 13.0. The molecule has 0 saturated heterocycles. The molecule has 23 heavy (non-hydrogen) atoms. The fraction of sp³-hybridized carbons (Fsp3) is 0.400. The van der Waals surface area contributed by atoms with Gasteiger partial charge in [0.1, 0.15) is 11.5 Å². The van der Waals surface area contributed by atoms with E-state index in [2.05, 4.69) is 70.0 Å². The van der Waals surface area contributed by atoms with Crippen molar-refractivity contribution in [1.29, 1.82) is 0 Å². The van der Waals surface area contributed by atoms with E-state index in [-0.39, 0.29) is 10.8 Å². The molecule has 1 aliphatic rings. The van der Waals surface area contributed by atoms with Crippen LogP contribution in [0.1, 0.15) is 47.2 Å². The molecule has 0 bridgehead atoms. The first-order valence-electron chi connectivity index (χ1n) is 7.94. The summed E-state index contributed by atoms with van der Waals surface area (Å²) < 4.78 is 6.15. The standard InChI is InChI=1S/C20H26N2O/c1-19(2,3)17-13-15(14-18(23-17)20(4,5)6)9-7-10-16-11-8-12-21-22-16/h7-14H,1-6H3/b10-7+. The molecule has 0 amide bonds. The summed E-state index contributed by atoms with van der Waals surface area (Å²) >= 11 is 0. The lowest BCUT2D eigenvalue weighted by molar-refractivity contribution is 0.161. The van der Waals surface area contributed by atoms with Gasteiger partial charge in [0, 0.05) is 17.0 Å². The molecule has 122 valence electrons. The van der Waals surface area contributed by atoms with Gasteiger partial charge >= 0.3 is 0 Å². The molecule has 0 aromatic carbocycles. The van der Waals surface area contributed by atoms with Crippen LogP contribution in [0.15, 0.2) is 59.7 Å². The van der Waals surface area contributed by atoms with Crippen molar-refractivity contribution in [2.75, 3.05) is 0 Å². The highest BCUT2D eigenvalue weighted by Gasteiger charge is 2.28. The molecular weight excluding hydrogens is 284 g/mol. The Morgan fingerprint density at radius 3 is 2.04 bits per heavy atom. The van der Waals surface area contributed by atoms with Gasteiger partial charge < -0.3 is 4.74 Å². The molecule has 1 aliphatic heterocycles. The lowest BCUT2D eigenvalue weighted by atomic mass is 9.87. The van der Waals surface area contributed by atoms with Crippen LogP contribution >= 0.6 is 0 Å². The SMILES string of the molecule is CC(C)(C)C1=CC(=C/C=C/c2cccnn2)C=C(C(C)(C)C)O1. The molecule has 3 heteroatoms. The van der Waals surface area contributed by atoms with Crippen molar-refractivity contribution in [2.24, 2.45) is 10.8 Å². The summed E-state index contributed by atoms with van der Waals surface area (Å²) in [5.41, 5.74) is 1.92. The Hall–Kier alpha value is -2.16. The second-order valence-corrected chi connectivity index (χ2v) is 7.79. The average molecular weight is 310 g/mol. The summed E-state index contributed by atoms with van der Waals surface area (Å²) in [6.07, 6.45) is 11.9. The van der Waals surface area contributed by atoms with Crippen LogP contribution in [0.3, 0.4) is 0 Å². The lowest BCUT2D eigenvalue weighted by Gasteiger charge is -2.32. The van der Waals surface area contributed by atoms with Crippen molar-refractivity contribution < 1.29 is 4.74 Å². The van der Waals surface area contributed by atoms with Gasteiger partial charge in [0.25, 0.3) is 0 Å². The van der Waals surface area contributed by atoms with Gasteiger partial charge in [0.05, 0.1) is 5.69 Å². The number of hydrogen-bond donors (Lipinski definition) is 0. The van der Waals surface area contributed by atoms with Crippen LogP contribution in [0.4, 0.5) is 0 Å². The monoisotopic (exact) mass is 310 g/mol. The molecule has 0 fully saturated rings. The maximum absolute atomic E-state index is 6.15. The highest BCUT2D eigenvalue weighted by molar-refractivity contribution is 5.49. The number of aromatic nitrogens is 2. The minimum Gasteiger partial charge on any atom is -0.465 e. The number of hydrogen-bond acceptors (Lipinski definition) is 3. The highest BCUT2D eigenvalue weighted by Crippen LogP contribution is 2.38. The summed E-state index contributed by atoms with van der Waals surface area (Å²) in [5.74, 6) is 1.98. The molecule has 0 aliphatic carbocycles. The van der Waals surface area contributed by atoms with E-state index in [1.165, 1.54) is 0 Å². The van der Waals surface area contributed by atoms with E-state index in [4.69, 9.17) is 4.74 Å². The first-order valence-corrected chi connectivity index (χ1v) is 7.94. The fourth-order valence-corrected chi connectivity index (χ4v) is 2.02. The van der Waals surface area contributed by atoms with Gasteiger partial charge in [0.15, 0.2) is 0 Å². The summed E-state index contributed by atoms with van der Waals surface area (Å²) in [4.78, 5) is 0. The smallest absolute Gasteiger partial charge is 0.110 e. The van der Waals surface area contributed by atoms with Gasteiger partial charge in [-0.15, -0.1) is 0 Å². The molecule has 0 spiro atoms. The third-order valence-corrected chi connectivity index (χ3v) is 3.44. The van der Waals surface area contributed by atoms with E-state index >= 15 is 0 Å². The maximum Gasteiger partial charge on any atom is 0.110 e. The second-order valence-electron chi connectivity index (χ2n) is 7.79. The predicted octanol–water partition coefficient (Wildman–Crippen LogP) is 5.31. The summed E-state index contributed by atoms with van der Waals surface area (Å²) in [6, 6.07) is 3.81. The van der Waals surface area contributed by atoms with Crippen molar-refractivity contribution in [3.8, 4) is 0 Å². The molecule has 2 heterocycles. The van der Waals surface area contributed by atoms with Crippen molar-refractivity contribution in [3.05, 3.63) is 65.4 Å². The minimum atomic E-state index is -0.0293. The average Bonchev–Trinajstić information content (AvgIpc) is 2.46. The Balaban J connectivity index is 2.31. The minimum absolute atomic E-state index is 0.0293. The van der Waals surface area contributed by atoms with E-state index in [1.807, 2.05) is 24.3 Å². The zero-order valence-corrected chi connectivity index (χ0v) is 14.9. The second kappa shape index (κ2) is 6.53. The number of nitrogens with zero attached hydrogens (tertiary/aromatic N) is 2. The van der Waals surface area contributed by atoms with Crippen LogP contribution in [-0.4, -0.2) is 10.2 Å². The van der Waals surface area contributed by atoms with Crippen LogP contribution in [0.2, 0.25) is 0 Å². The van der Waals surface area contributed by atoms with E-state index in [0.717, 1.165) is 22.8 Å². The van der Waals surface area contributed by atoms with Crippen LogP contribution < -0.4 is 0 Å². The number of rotatable bonds is 2. The quantitative estimate of drug-likeness (QED) is 0.743.